The summed E-state index contributed by atoms with van der Waals surface area (Å²) in [6.45, 7) is 0. The molecule has 11 heavy (non-hydrogen) atoms. The Morgan fingerprint density at radius 1 is 1.27 bits per heavy atom. The monoisotopic (exact) mass is 148 g/mol. The Morgan fingerprint density at radius 2 is 2.18 bits per heavy atom. The van der Waals surface area contributed by atoms with E-state index in [0.29, 0.717) is 0 Å². The van der Waals surface area contributed by atoms with Crippen molar-refractivity contribution in [1.29, 1.82) is 0 Å². The second kappa shape index (κ2) is 2.40. The predicted octanol–water partition coefficient (Wildman–Crippen LogP) is 1.27. The number of fused-ring (bicyclic) bond motifs is 1. The fourth-order valence-corrected chi connectivity index (χ4v) is 1.12. The van der Waals surface area contributed by atoms with Gasteiger partial charge >= 0.3 is 0 Å². The van der Waals surface area contributed by atoms with Crippen molar-refractivity contribution in [1.82, 2.24) is 0 Å². The molecule has 1 unspecified atom stereocenters. The van der Waals surface area contributed by atoms with Gasteiger partial charge in [0, 0.05) is 5.57 Å². The van der Waals surface area contributed by atoms with Crippen LogP contribution in [0, 0.1) is 0 Å². The van der Waals surface area contributed by atoms with Gasteiger partial charge in [0.25, 0.3) is 0 Å². The molecular weight excluding hydrogens is 140 g/mol. The van der Waals surface area contributed by atoms with Gasteiger partial charge in [-0.05, 0) is 17.7 Å². The lowest BCUT2D eigenvalue weighted by Crippen LogP contribution is -2.05. The average Bonchev–Trinajstić information content (AvgIpc) is 2.04. The number of hydrogen-bond donors (Lipinski definition) is 1. The minimum Gasteiger partial charge on any atom is -0.472 e. The zero-order valence-electron chi connectivity index (χ0n) is 5.90. The van der Waals surface area contributed by atoms with Crippen molar-refractivity contribution in [2.24, 2.45) is 0 Å². The van der Waals surface area contributed by atoms with Crippen LogP contribution in [0.1, 0.15) is 0 Å². The van der Waals surface area contributed by atoms with Gasteiger partial charge in [-0.2, -0.15) is 0 Å². The van der Waals surface area contributed by atoms with Gasteiger partial charge in [0.15, 0.2) is 0 Å². The van der Waals surface area contributed by atoms with E-state index in [-0.39, 0.29) is 0 Å². The maximum absolute atomic E-state index is 9.18. The maximum Gasteiger partial charge on any atom is 0.0979 e. The van der Waals surface area contributed by atoms with E-state index in [1.165, 1.54) is 0 Å². The number of aliphatic hydroxyl groups excluding tert-OH is 1. The van der Waals surface area contributed by atoms with Crippen LogP contribution >= 0.6 is 0 Å². The van der Waals surface area contributed by atoms with Crippen LogP contribution in [0.2, 0.25) is 0 Å². The molecule has 1 aliphatic heterocycles. The third kappa shape index (κ3) is 1.12. The fourth-order valence-electron chi connectivity index (χ4n) is 1.12. The first kappa shape index (κ1) is 6.43. The number of ether oxygens (including phenoxy) is 1. The van der Waals surface area contributed by atoms with E-state index >= 15 is 0 Å². The molecule has 1 aliphatic carbocycles. The van der Waals surface area contributed by atoms with Crippen LogP contribution in [0.4, 0.5) is 0 Å². The van der Waals surface area contributed by atoms with Crippen LogP contribution in [-0.4, -0.2) is 11.2 Å². The zero-order chi connectivity index (χ0) is 7.68. The highest BCUT2D eigenvalue weighted by atomic mass is 16.5. The molecular formula is C9H8O2. The van der Waals surface area contributed by atoms with Crippen LogP contribution in [0.15, 0.2) is 48.0 Å². The van der Waals surface area contributed by atoms with Gasteiger partial charge in [-0.25, -0.2) is 0 Å². The van der Waals surface area contributed by atoms with E-state index < -0.39 is 6.10 Å². The Hall–Kier alpha value is -1.28. The molecule has 0 saturated carbocycles. The molecule has 1 N–H and O–H groups in total. The first-order valence-corrected chi connectivity index (χ1v) is 3.47. The van der Waals surface area contributed by atoms with Crippen molar-refractivity contribution in [3.05, 3.63) is 48.0 Å². The van der Waals surface area contributed by atoms with Gasteiger partial charge in [-0.15, -0.1) is 0 Å². The van der Waals surface area contributed by atoms with E-state index in [1.807, 2.05) is 12.2 Å². The van der Waals surface area contributed by atoms with Crippen molar-refractivity contribution in [2.45, 2.75) is 6.10 Å². The summed E-state index contributed by atoms with van der Waals surface area (Å²) in [7, 11) is 0. The summed E-state index contributed by atoms with van der Waals surface area (Å²) in [5, 5.41) is 9.18. The summed E-state index contributed by atoms with van der Waals surface area (Å²) in [5.41, 5.74) is 2.03. The molecule has 0 radical (unpaired) electrons. The van der Waals surface area contributed by atoms with Crippen molar-refractivity contribution >= 4 is 0 Å². The van der Waals surface area contributed by atoms with E-state index in [4.69, 9.17) is 4.74 Å². The number of rotatable bonds is 0. The smallest absolute Gasteiger partial charge is 0.0979 e. The molecule has 0 spiro atoms. The Morgan fingerprint density at radius 3 is 3.09 bits per heavy atom. The molecule has 56 valence electrons. The van der Waals surface area contributed by atoms with Crippen LogP contribution < -0.4 is 0 Å². The second-order valence-electron chi connectivity index (χ2n) is 2.48. The van der Waals surface area contributed by atoms with E-state index in [1.54, 1.807) is 24.7 Å². The molecule has 1 heterocycles. The van der Waals surface area contributed by atoms with Gasteiger partial charge in [0.1, 0.15) is 0 Å². The fraction of sp³-hybridized carbons (Fsp3) is 0.111. The molecule has 0 saturated heterocycles. The third-order valence-electron chi connectivity index (χ3n) is 1.68. The van der Waals surface area contributed by atoms with Crippen molar-refractivity contribution in [3.8, 4) is 0 Å². The van der Waals surface area contributed by atoms with Crippen molar-refractivity contribution in [2.75, 3.05) is 0 Å². The molecule has 0 aromatic heterocycles. The normalized spacial score (nSPS) is 26.8. The number of allylic oxidation sites excluding steroid dienone is 4. The van der Waals surface area contributed by atoms with Gasteiger partial charge in [-0.3, -0.25) is 0 Å². The summed E-state index contributed by atoms with van der Waals surface area (Å²) in [6.07, 6.45) is 9.99. The van der Waals surface area contributed by atoms with E-state index in [0.717, 1.165) is 11.1 Å². The average molecular weight is 148 g/mol. The predicted molar refractivity (Wildman–Crippen MR) is 41.5 cm³/mol. The Kier molecular flexibility index (Phi) is 1.40. The quantitative estimate of drug-likeness (QED) is 0.560. The number of aliphatic hydroxyl groups is 1. The molecule has 0 amide bonds. The number of hydrogen-bond acceptors (Lipinski definition) is 2. The third-order valence-corrected chi connectivity index (χ3v) is 1.68. The van der Waals surface area contributed by atoms with E-state index in [2.05, 4.69) is 0 Å². The van der Waals surface area contributed by atoms with E-state index in [9.17, 15) is 5.11 Å². The van der Waals surface area contributed by atoms with Gasteiger partial charge in [-0.1, -0.05) is 12.2 Å². The first-order valence-electron chi connectivity index (χ1n) is 3.47. The van der Waals surface area contributed by atoms with Crippen molar-refractivity contribution < 1.29 is 9.84 Å². The molecule has 2 nitrogen and oxygen atoms in total. The molecule has 2 heteroatoms. The highest BCUT2D eigenvalue weighted by Crippen LogP contribution is 2.22. The minimum absolute atomic E-state index is 0.454. The highest BCUT2D eigenvalue weighted by molar-refractivity contribution is 5.50. The molecule has 0 fully saturated rings. The summed E-state index contributed by atoms with van der Waals surface area (Å²) < 4.78 is 4.96. The molecule has 0 bridgehead atoms. The van der Waals surface area contributed by atoms with Crippen LogP contribution in [-0.2, 0) is 4.74 Å². The Labute approximate surface area is 64.8 Å². The van der Waals surface area contributed by atoms with Crippen molar-refractivity contribution in [3.63, 3.8) is 0 Å². The molecule has 1 atom stereocenters. The summed E-state index contributed by atoms with van der Waals surface area (Å²) in [5.74, 6) is 0. The summed E-state index contributed by atoms with van der Waals surface area (Å²) in [6, 6.07) is 0. The largest absolute Gasteiger partial charge is 0.472 e. The lowest BCUT2D eigenvalue weighted by atomic mass is 9.99. The topological polar surface area (TPSA) is 29.5 Å². The van der Waals surface area contributed by atoms with Gasteiger partial charge in [0.2, 0.25) is 0 Å². The van der Waals surface area contributed by atoms with Crippen LogP contribution in [0.25, 0.3) is 0 Å². The maximum atomic E-state index is 9.18. The van der Waals surface area contributed by atoms with Crippen LogP contribution in [0.5, 0.6) is 0 Å². The van der Waals surface area contributed by atoms with Gasteiger partial charge < -0.3 is 9.84 Å². The molecule has 0 aromatic carbocycles. The summed E-state index contributed by atoms with van der Waals surface area (Å²) >= 11 is 0. The Balaban J connectivity index is 2.36. The molecule has 2 rings (SSSR count). The lowest BCUT2D eigenvalue weighted by molar-refractivity contribution is 0.269. The Bertz CT molecular complexity index is 282. The highest BCUT2D eigenvalue weighted by Gasteiger charge is 2.10. The van der Waals surface area contributed by atoms with Gasteiger partial charge in [0.05, 0.1) is 18.6 Å². The summed E-state index contributed by atoms with van der Waals surface area (Å²) in [4.78, 5) is 0. The second-order valence-corrected chi connectivity index (χ2v) is 2.48. The molecule has 2 aliphatic rings. The van der Waals surface area contributed by atoms with Crippen LogP contribution in [0.3, 0.4) is 0 Å². The first-order chi connectivity index (χ1) is 5.36. The minimum atomic E-state index is -0.454. The standard InChI is InChI=1S/C9H8O2/c10-9-2-1-8-6-11-4-3-7(8)5-9/h1-6,9-10H. The SMILES string of the molecule is OC1C=CC2=COC=CC2=C1. The zero-order valence-corrected chi connectivity index (χ0v) is 5.90. The molecule has 0 aromatic rings. The lowest BCUT2D eigenvalue weighted by Gasteiger charge is -2.14.